The second-order valence-electron chi connectivity index (χ2n) is 2.24. The number of carbonyl (C=O) groups excluding carboxylic acids is 1. The minimum Gasteiger partial charge on any atom is -0.287 e. The molecule has 1 rings (SSSR count). The highest BCUT2D eigenvalue weighted by Crippen LogP contribution is 2.46. The third-order valence-corrected chi connectivity index (χ3v) is 2.98. The van der Waals surface area contributed by atoms with E-state index in [1.54, 1.807) is 0 Å². The maximum Gasteiger partial charge on any atom is 0.188 e. The first-order chi connectivity index (χ1) is 3.65. The van der Waals surface area contributed by atoms with Crippen LogP contribution in [0.2, 0.25) is 5.04 Å². The van der Waals surface area contributed by atoms with Crippen LogP contribution in [0.5, 0.6) is 0 Å². The van der Waals surface area contributed by atoms with Gasteiger partial charge in [-0.15, -0.1) is 12.6 Å². The molecular weight excluding hydrogens is 136 g/mol. The first-order valence-electron chi connectivity index (χ1n) is 2.63. The Morgan fingerprint density at radius 1 is 1.62 bits per heavy atom. The van der Waals surface area contributed by atoms with Crippen LogP contribution in [0.1, 0.15) is 19.3 Å². The number of hydrogen-bond donors (Lipinski definition) is 1. The number of carbonyl (C=O) groups is 1. The van der Waals surface area contributed by atoms with Gasteiger partial charge in [0, 0.05) is 15.3 Å². The minimum absolute atomic E-state index is 0.0274. The molecule has 0 aromatic rings. The lowest BCUT2D eigenvalue weighted by atomic mass is 9.85. The Balaban J connectivity index is 2.53. The van der Waals surface area contributed by atoms with Crippen LogP contribution < -0.4 is 0 Å². The summed E-state index contributed by atoms with van der Waals surface area (Å²) in [5.74, 6) is 0. The number of rotatable bonds is 1. The summed E-state index contributed by atoms with van der Waals surface area (Å²) in [5.41, 5.74) is 0. The molecule has 0 saturated heterocycles. The van der Waals surface area contributed by atoms with Crippen LogP contribution in [-0.4, -0.2) is 15.4 Å². The van der Waals surface area contributed by atoms with Gasteiger partial charge >= 0.3 is 0 Å². The zero-order valence-electron chi connectivity index (χ0n) is 4.48. The molecule has 1 nitrogen and oxygen atoms in total. The van der Waals surface area contributed by atoms with Gasteiger partial charge in [-0.25, -0.2) is 0 Å². The smallest absolute Gasteiger partial charge is 0.188 e. The fraction of sp³-hybridized carbons (Fsp3) is 0.800. The van der Waals surface area contributed by atoms with E-state index in [4.69, 9.17) is 0 Å². The van der Waals surface area contributed by atoms with Crippen molar-refractivity contribution in [2.75, 3.05) is 0 Å². The second-order valence-corrected chi connectivity index (χ2v) is 3.60. The molecule has 1 fully saturated rings. The summed E-state index contributed by atoms with van der Waals surface area (Å²) in [6, 6.07) is 0. The molecule has 3 radical (unpaired) electrons. The van der Waals surface area contributed by atoms with E-state index >= 15 is 0 Å². The normalized spacial score (nSPS) is 24.2. The summed E-state index contributed by atoms with van der Waals surface area (Å²) < 4.78 is 0. The fourth-order valence-corrected chi connectivity index (χ4v) is 1.32. The molecule has 0 N–H and O–H groups in total. The Kier molecular flexibility index (Phi) is 1.49. The third kappa shape index (κ3) is 0.844. The Hall–Kier alpha value is 0.237. The molecule has 8 heavy (non-hydrogen) atoms. The van der Waals surface area contributed by atoms with Crippen LogP contribution in [0.4, 0.5) is 0 Å². The maximum absolute atomic E-state index is 10.6. The first kappa shape index (κ1) is 6.36. The summed E-state index contributed by atoms with van der Waals surface area (Å²) in [7, 11) is 3.36. The van der Waals surface area contributed by atoms with Crippen molar-refractivity contribution in [2.24, 2.45) is 0 Å². The highest BCUT2D eigenvalue weighted by atomic mass is 32.1. The summed E-state index contributed by atoms with van der Waals surface area (Å²) in [6.45, 7) is 0. The van der Waals surface area contributed by atoms with Crippen molar-refractivity contribution in [3.05, 3.63) is 0 Å². The third-order valence-electron chi connectivity index (χ3n) is 1.62. The van der Waals surface area contributed by atoms with Crippen molar-refractivity contribution in [3.8, 4) is 0 Å². The standard InChI is InChI=1S/C5H7OSSi/c6-4(7)5(8)2-1-3-5/h1-3H2,(H,6,7). The zero-order chi connectivity index (χ0) is 6.20. The van der Waals surface area contributed by atoms with Crippen molar-refractivity contribution in [2.45, 2.75) is 24.3 Å². The Morgan fingerprint density at radius 3 is 2.12 bits per heavy atom. The monoisotopic (exact) mass is 143 g/mol. The SMILES string of the molecule is O=C(S)C1([Si])CCC1. The van der Waals surface area contributed by atoms with E-state index in [2.05, 4.69) is 22.9 Å². The molecule has 1 aliphatic carbocycles. The van der Waals surface area contributed by atoms with Crippen LogP contribution >= 0.6 is 12.6 Å². The zero-order valence-corrected chi connectivity index (χ0v) is 6.37. The predicted molar refractivity (Wildman–Crippen MR) is 36.3 cm³/mol. The van der Waals surface area contributed by atoms with Gasteiger partial charge in [-0.05, 0) is 12.8 Å². The predicted octanol–water partition coefficient (Wildman–Crippen LogP) is 0.954. The average Bonchev–Trinajstić information content (AvgIpc) is 1.60. The van der Waals surface area contributed by atoms with Crippen LogP contribution in [0, 0.1) is 0 Å². The van der Waals surface area contributed by atoms with Crippen LogP contribution in [0.3, 0.4) is 0 Å². The van der Waals surface area contributed by atoms with Crippen molar-refractivity contribution in [3.63, 3.8) is 0 Å². The molecule has 0 amide bonds. The van der Waals surface area contributed by atoms with Crippen molar-refractivity contribution >= 4 is 28.0 Å². The molecule has 0 heterocycles. The van der Waals surface area contributed by atoms with E-state index in [0.717, 1.165) is 19.3 Å². The Morgan fingerprint density at radius 2 is 2.12 bits per heavy atom. The Labute approximate surface area is 57.7 Å². The molecule has 0 aliphatic heterocycles. The van der Waals surface area contributed by atoms with Crippen LogP contribution in [0.25, 0.3) is 0 Å². The van der Waals surface area contributed by atoms with Gasteiger partial charge in [-0.3, -0.25) is 4.79 Å². The number of hydrogen-bond acceptors (Lipinski definition) is 1. The molecule has 0 spiro atoms. The van der Waals surface area contributed by atoms with Gasteiger partial charge in [0.15, 0.2) is 5.12 Å². The second kappa shape index (κ2) is 1.88. The molecule has 0 aromatic heterocycles. The van der Waals surface area contributed by atoms with Crippen molar-refractivity contribution in [1.29, 1.82) is 0 Å². The maximum atomic E-state index is 10.6. The molecule has 0 aromatic carbocycles. The van der Waals surface area contributed by atoms with Crippen LogP contribution in [-0.2, 0) is 4.79 Å². The highest BCUT2D eigenvalue weighted by molar-refractivity contribution is 7.97. The fourth-order valence-electron chi connectivity index (χ4n) is 0.744. The summed E-state index contributed by atoms with van der Waals surface area (Å²) in [4.78, 5) is 10.6. The van der Waals surface area contributed by atoms with Crippen molar-refractivity contribution < 1.29 is 4.79 Å². The van der Waals surface area contributed by atoms with Gasteiger partial charge in [-0.2, -0.15) is 0 Å². The molecular formula is C5H7OSSi. The molecule has 1 aliphatic rings. The van der Waals surface area contributed by atoms with E-state index in [-0.39, 0.29) is 10.2 Å². The van der Waals surface area contributed by atoms with Gasteiger partial charge in [0.25, 0.3) is 0 Å². The van der Waals surface area contributed by atoms with E-state index in [1.165, 1.54) is 0 Å². The lowest BCUT2D eigenvalue weighted by molar-refractivity contribution is -0.115. The number of thiol groups is 1. The van der Waals surface area contributed by atoms with E-state index < -0.39 is 0 Å². The van der Waals surface area contributed by atoms with E-state index in [1.807, 2.05) is 0 Å². The Bertz CT molecular complexity index is 120. The lowest BCUT2D eigenvalue weighted by Crippen LogP contribution is -2.27. The molecule has 0 atom stereocenters. The quantitative estimate of drug-likeness (QED) is 0.427. The van der Waals surface area contributed by atoms with E-state index in [0.29, 0.717) is 0 Å². The van der Waals surface area contributed by atoms with Gasteiger partial charge in [0.1, 0.15) is 0 Å². The molecule has 0 unspecified atom stereocenters. The summed E-state index contributed by atoms with van der Waals surface area (Å²) >= 11 is 3.72. The van der Waals surface area contributed by atoms with E-state index in [9.17, 15) is 4.79 Å². The first-order valence-corrected chi connectivity index (χ1v) is 3.58. The summed E-state index contributed by atoms with van der Waals surface area (Å²) in [5, 5.41) is -0.274. The molecule has 0 bridgehead atoms. The van der Waals surface area contributed by atoms with Crippen LogP contribution in [0.15, 0.2) is 0 Å². The molecule has 1 saturated carbocycles. The van der Waals surface area contributed by atoms with Gasteiger partial charge in [-0.1, -0.05) is 6.42 Å². The largest absolute Gasteiger partial charge is 0.287 e. The highest BCUT2D eigenvalue weighted by Gasteiger charge is 2.36. The lowest BCUT2D eigenvalue weighted by Gasteiger charge is -2.34. The minimum atomic E-state index is -0.247. The van der Waals surface area contributed by atoms with Gasteiger partial charge in [0.05, 0.1) is 0 Å². The van der Waals surface area contributed by atoms with Gasteiger partial charge < -0.3 is 0 Å². The topological polar surface area (TPSA) is 17.1 Å². The van der Waals surface area contributed by atoms with Gasteiger partial charge in [0.2, 0.25) is 0 Å². The van der Waals surface area contributed by atoms with Crippen molar-refractivity contribution in [1.82, 2.24) is 0 Å². The molecule has 3 heteroatoms. The summed E-state index contributed by atoms with van der Waals surface area (Å²) in [6.07, 6.45) is 3.05. The molecule has 43 valence electrons. The average molecular weight is 143 g/mol.